The fraction of sp³-hybridized carbons (Fsp3) is 0.213. The Bertz CT molecular complexity index is 6010. The number of halogens is 10. The molecule has 130 heavy (non-hydrogen) atoms. The van der Waals surface area contributed by atoms with Crippen LogP contribution in [0.3, 0.4) is 0 Å². The summed E-state index contributed by atoms with van der Waals surface area (Å²) in [7, 11) is 22.9. The maximum absolute atomic E-state index is 11.6. The number of anilines is 2. The van der Waals surface area contributed by atoms with Crippen LogP contribution in [0.1, 0.15) is 62.1 Å². The Balaban J connectivity index is 0.000000383. The number of carboxylic acid groups (broad SMARTS) is 1. The van der Waals surface area contributed by atoms with Crippen LogP contribution in [0.5, 0.6) is 92.0 Å². The third-order valence-corrected chi connectivity index (χ3v) is 22.4. The number of nitrogens with zero attached hydrogens (tertiary/aromatic N) is 5. The molecule has 2 aromatic heterocycles. The maximum atomic E-state index is 11.6. The van der Waals surface area contributed by atoms with E-state index >= 15 is 0 Å². The molecule has 8 aromatic carbocycles. The van der Waals surface area contributed by atoms with Crippen LogP contribution in [0.2, 0.25) is 10.4 Å². The van der Waals surface area contributed by atoms with Crippen molar-refractivity contribution in [2.75, 3.05) is 125 Å². The number of H-pyrrole nitrogens is 2. The second-order valence-corrected chi connectivity index (χ2v) is 30.3. The molecule has 0 unspecified atom stereocenters. The molecule has 0 atom stereocenters. The molecule has 0 spiro atoms. The topological polar surface area (TPSA) is 650 Å². The molecule has 5 amide bonds. The van der Waals surface area contributed by atoms with Crippen LogP contribution in [-0.2, 0) is 0 Å². The summed E-state index contributed by atoms with van der Waals surface area (Å²) in [5.74, 6) is 1.69. The molecule has 0 saturated carbocycles. The lowest BCUT2D eigenvalue weighted by atomic mass is 10.1. The lowest BCUT2D eigenvalue weighted by Crippen LogP contribution is -2.23. The number of aromatic carboxylic acids is 1. The molecule has 45 nitrogen and oxygen atoms in total. The lowest BCUT2D eigenvalue weighted by Gasteiger charge is -2.16. The second-order valence-electron chi connectivity index (χ2n) is 23.2. The molecular weight excluding hydrogens is 2310 g/mol. The highest BCUT2D eigenvalue weighted by molar-refractivity contribution is 9.12. The van der Waals surface area contributed by atoms with E-state index in [0.717, 1.165) is 12.4 Å². The van der Waals surface area contributed by atoms with Gasteiger partial charge in [0.2, 0.25) is 5.28 Å². The number of nitro benzene ring substituents is 3. The number of carbonyl (C=O) groups is 7. The van der Waals surface area contributed by atoms with Crippen molar-refractivity contribution in [3.63, 3.8) is 0 Å². The smallest absolute Gasteiger partial charge is 0.342 e. The number of urea groups is 1. The summed E-state index contributed by atoms with van der Waals surface area (Å²) in [6, 6.07) is 12.0. The van der Waals surface area contributed by atoms with Crippen molar-refractivity contribution in [3.05, 3.63) is 185 Å². The van der Waals surface area contributed by atoms with E-state index in [2.05, 4.69) is 153 Å². The molecule has 700 valence electrons. The number of hydrogen-bond acceptors (Lipinski definition) is 34. The molecule has 2 heterocycles. The highest BCUT2D eigenvalue weighted by Gasteiger charge is 2.33. The van der Waals surface area contributed by atoms with E-state index in [0.29, 0.717) is 114 Å². The van der Waals surface area contributed by atoms with Gasteiger partial charge in [0.05, 0.1) is 195 Å². The number of methoxy groups -OCH3 is 16. The van der Waals surface area contributed by atoms with Gasteiger partial charge >= 0.3 is 23.4 Å². The molecular formula is C75H73Br8Cl2N13O32. The third-order valence-electron chi connectivity index (χ3n) is 16.1. The molecule has 10 rings (SSSR count). The fourth-order valence-electron chi connectivity index (χ4n) is 10.4. The quantitative estimate of drug-likeness (QED) is 0.00607. The van der Waals surface area contributed by atoms with Gasteiger partial charge in [0.15, 0.2) is 98.3 Å². The van der Waals surface area contributed by atoms with E-state index in [-0.39, 0.29) is 97.7 Å². The molecule has 0 aliphatic rings. The Hall–Kier alpha value is -12.3. The van der Waals surface area contributed by atoms with Crippen LogP contribution in [-0.4, -0.2) is 196 Å². The Kier molecular flexibility index (Phi) is 45.1. The molecule has 55 heteroatoms. The van der Waals surface area contributed by atoms with E-state index in [1.54, 1.807) is 39.5 Å². The first kappa shape index (κ1) is 112. The minimum Gasteiger partial charge on any atom is -0.493 e. The number of nitrogens with one attached hydrogen (secondary N) is 3. The molecule has 0 fully saturated rings. The number of amides is 5. The summed E-state index contributed by atoms with van der Waals surface area (Å²) >= 11 is 37.1. The van der Waals surface area contributed by atoms with Crippen LogP contribution in [0.25, 0.3) is 21.8 Å². The largest absolute Gasteiger partial charge is 0.493 e. The number of benzene rings is 8. The fourth-order valence-corrected chi connectivity index (χ4v) is 16.2. The molecule has 0 saturated heterocycles. The number of aromatic amines is 2. The van der Waals surface area contributed by atoms with Gasteiger partial charge < -0.3 is 120 Å². The highest BCUT2D eigenvalue weighted by Crippen LogP contribution is 2.50. The predicted octanol–water partition coefficient (Wildman–Crippen LogP) is 14.9. The van der Waals surface area contributed by atoms with Crippen molar-refractivity contribution in [2.24, 2.45) is 22.9 Å². The molecule has 0 radical (unpaired) electrons. The van der Waals surface area contributed by atoms with E-state index in [9.17, 15) is 73.5 Å². The number of carboxylic acids is 1. The Morgan fingerprint density at radius 1 is 0.415 bits per heavy atom. The lowest BCUT2D eigenvalue weighted by molar-refractivity contribution is -0.386. The van der Waals surface area contributed by atoms with E-state index in [1.165, 1.54) is 123 Å². The minimum absolute atomic E-state index is 0.0122. The van der Waals surface area contributed by atoms with Crippen molar-refractivity contribution < 1.29 is 129 Å². The number of nitro groups is 3. The zero-order valence-corrected chi connectivity index (χ0v) is 84.1. The summed E-state index contributed by atoms with van der Waals surface area (Å²) < 4.78 is 83.4. The Morgan fingerprint density at radius 3 is 1.15 bits per heavy atom. The van der Waals surface area contributed by atoms with E-state index in [1.807, 2.05) is 0 Å². The Morgan fingerprint density at radius 2 is 0.762 bits per heavy atom. The van der Waals surface area contributed by atoms with Crippen molar-refractivity contribution >= 4 is 243 Å². The van der Waals surface area contributed by atoms with Crippen LogP contribution in [0.4, 0.5) is 33.2 Å². The van der Waals surface area contributed by atoms with Crippen LogP contribution < -0.4 is 121 Å². The number of nitrogens with two attached hydrogens (primary N) is 5. The number of fused-ring (bicyclic) bond motifs is 2. The van der Waals surface area contributed by atoms with Gasteiger partial charge in [0, 0.05) is 29.1 Å². The summed E-state index contributed by atoms with van der Waals surface area (Å²) in [5.41, 5.74) is 25.1. The van der Waals surface area contributed by atoms with Gasteiger partial charge in [0.1, 0.15) is 36.0 Å². The number of ether oxygens (including phenoxy) is 16. The normalized spacial score (nSPS) is 9.95. The van der Waals surface area contributed by atoms with Gasteiger partial charge in [-0.15, -0.1) is 0 Å². The molecule has 10 aromatic rings. The zero-order chi connectivity index (χ0) is 99.1. The monoisotopic (exact) mass is 2370 g/mol. The third kappa shape index (κ3) is 27.4. The highest BCUT2D eigenvalue weighted by atomic mass is 79.9. The van der Waals surface area contributed by atoms with Crippen molar-refractivity contribution in [3.8, 4) is 92.0 Å². The minimum atomic E-state index is -1.42. The maximum Gasteiger partial charge on any atom is 0.342 e. The van der Waals surface area contributed by atoms with Crippen molar-refractivity contribution in [1.82, 2.24) is 19.9 Å². The molecule has 0 aliphatic heterocycles. The molecule has 14 N–H and O–H groups in total. The van der Waals surface area contributed by atoms with Crippen LogP contribution in [0.15, 0.2) is 100.0 Å². The van der Waals surface area contributed by atoms with Crippen molar-refractivity contribution in [2.45, 2.75) is 0 Å². The van der Waals surface area contributed by atoms with Gasteiger partial charge in [0.25, 0.3) is 34.7 Å². The number of aromatic nitrogens is 4. The number of rotatable bonds is 26. The molecule has 0 bridgehead atoms. The van der Waals surface area contributed by atoms with Gasteiger partial charge in [-0.3, -0.25) is 64.1 Å². The number of aldehydes is 2. The number of hydrogen-bond donors (Lipinski definition) is 9. The van der Waals surface area contributed by atoms with Gasteiger partial charge in [-0.05, 0) is 175 Å². The zero-order valence-electron chi connectivity index (χ0n) is 69.9. The first-order valence-corrected chi connectivity index (χ1v) is 41.3. The summed E-state index contributed by atoms with van der Waals surface area (Å²) in [4.78, 5) is 142. The standard InChI is InChI=1S/C10H7BrCl2N2O2.C10H12BrN3O4.C10H9BrN2O4.C9H9BrN2O5.C9H11BrN2O3.C9H8BrNO6.C9H8BrNO5.C9H9BrO3/c1-16-5-3-4-7(6(11)8(5)17-2)14-10(13)15-9(4)12;1-17-5-3-4(9(12)15)7(14-10(13)16)6(11)8(5)18-2;1-16-5-3-4-7(6(11)8(5)17-2)12-10(15)13-9(4)14;1-16-5-3-4(9(11)13)7(12(14)15)6(10)8(5)17-2;1-14-5-3-4(9(12)13)7(11)6(10)8(5)15-2;1-16-5-3-4(9(12)13)7(11(14)15)6(10)8(5)17-2;1-15-6-3-5(4-12)8(11(13)14)7(10)9(6)16-2;1-12-8-4-6(5-11)3-7(10)9(8)13-2/h3H,1-2H3;3H,1-2H3,(H2,12,15)(H3,13,14,16);3H,1-2H3,(H2,12,13,14,15);3H,1-2H3,(H2,11,13);3H,11H2,1-2H3,(H2,12,13);3H,1-2H3,(H,12,13);3-4H,1-2H3;3-5H,1-2H3. The SMILES string of the molecule is COc1cc(C(=O)O)c([N+](=O)[O-])c(Br)c1OC.COc1cc(C(N)=O)c(N)c(Br)c1OC.COc1cc(C(N)=O)c(NC(N)=O)c(Br)c1OC.COc1cc(C(N)=O)c([N+](=O)[O-])c(Br)c1OC.COc1cc(C=O)c([N+](=O)[O-])c(Br)c1OC.COc1cc(C=O)cc(Br)c1OC.COc1cc2c(=O)[nH]c(=O)[nH]c2c(Br)c1OC.COc1cc2c(Cl)nc(Cl)nc2c(Br)c1OC. The number of carbonyl (C=O) groups excluding carboxylic acids is 6. The number of nitrogen functional groups attached to an aromatic ring is 1. The molecule has 0 aliphatic carbocycles. The first-order chi connectivity index (χ1) is 61.3. The Labute approximate surface area is 810 Å². The van der Waals surface area contributed by atoms with Gasteiger partial charge in [-0.1, -0.05) is 11.6 Å². The average molecular weight is 2380 g/mol. The summed E-state index contributed by atoms with van der Waals surface area (Å²) in [6.45, 7) is 0. The van der Waals surface area contributed by atoms with Gasteiger partial charge in [-0.2, -0.15) is 0 Å². The first-order valence-electron chi connectivity index (χ1n) is 34.2. The van der Waals surface area contributed by atoms with E-state index < -0.39 is 72.7 Å². The predicted molar refractivity (Wildman–Crippen MR) is 501 cm³/mol. The number of primary amides is 4. The average Bonchev–Trinajstić information content (AvgIpc) is 0.772. The van der Waals surface area contributed by atoms with Crippen LogP contribution >= 0.6 is 151 Å². The van der Waals surface area contributed by atoms with Crippen LogP contribution in [0, 0.1) is 30.3 Å². The summed E-state index contributed by atoms with van der Waals surface area (Å²) in [6.07, 6.45) is 1.15. The van der Waals surface area contributed by atoms with Crippen molar-refractivity contribution in [1.29, 1.82) is 0 Å². The van der Waals surface area contributed by atoms with Gasteiger partial charge in [-0.25, -0.2) is 24.4 Å². The summed E-state index contributed by atoms with van der Waals surface area (Å²) in [5, 5.41) is 45.0. The van der Waals surface area contributed by atoms with E-state index in [4.69, 9.17) is 133 Å². The second kappa shape index (κ2) is 52.4.